The van der Waals surface area contributed by atoms with E-state index in [2.05, 4.69) is 4.72 Å². The van der Waals surface area contributed by atoms with E-state index in [1.54, 1.807) is 12.1 Å². The first-order chi connectivity index (χ1) is 12.3. The van der Waals surface area contributed by atoms with Crippen LogP contribution >= 0.6 is 0 Å². The largest absolute Gasteiger partial charge is 0.490 e. The van der Waals surface area contributed by atoms with Crippen molar-refractivity contribution in [2.45, 2.75) is 25.7 Å². The molecular weight excluding hydrogens is 354 g/mol. The molecule has 0 fully saturated rings. The van der Waals surface area contributed by atoms with E-state index in [0.717, 1.165) is 16.7 Å². The van der Waals surface area contributed by atoms with Gasteiger partial charge in [0.05, 0.1) is 4.90 Å². The molecule has 0 atom stereocenters. The van der Waals surface area contributed by atoms with Crippen LogP contribution in [0.5, 0.6) is 5.75 Å². The predicted octanol–water partition coefficient (Wildman–Crippen LogP) is 2.51. The lowest BCUT2D eigenvalue weighted by molar-refractivity contribution is -0.142. The molecule has 26 heavy (non-hydrogen) atoms. The van der Waals surface area contributed by atoms with E-state index in [0.29, 0.717) is 5.75 Å². The van der Waals surface area contributed by atoms with Gasteiger partial charge in [-0.1, -0.05) is 23.8 Å². The van der Waals surface area contributed by atoms with Crippen molar-refractivity contribution < 1.29 is 22.7 Å². The highest BCUT2D eigenvalue weighted by molar-refractivity contribution is 7.89. The summed E-state index contributed by atoms with van der Waals surface area (Å²) in [5.74, 6) is 0.0448. The summed E-state index contributed by atoms with van der Waals surface area (Å²) in [6, 6.07) is 12.2. The Labute approximate surface area is 154 Å². The van der Waals surface area contributed by atoms with Gasteiger partial charge >= 0.3 is 5.97 Å². The van der Waals surface area contributed by atoms with Crippen molar-refractivity contribution in [3.05, 3.63) is 59.2 Å². The molecule has 2 aromatic carbocycles. The lowest BCUT2D eigenvalue weighted by Crippen LogP contribution is -2.31. The molecule has 7 heteroatoms. The van der Waals surface area contributed by atoms with Gasteiger partial charge in [0.15, 0.2) is 0 Å². The molecule has 0 heterocycles. The van der Waals surface area contributed by atoms with Gasteiger partial charge in [-0.25, -0.2) is 8.42 Å². The van der Waals surface area contributed by atoms with Crippen molar-refractivity contribution >= 4 is 16.0 Å². The number of hydrogen-bond acceptors (Lipinski definition) is 5. The number of ether oxygens (including phenoxy) is 2. The Morgan fingerprint density at radius 1 is 0.923 bits per heavy atom. The summed E-state index contributed by atoms with van der Waals surface area (Å²) in [5.41, 5.74) is 3.12. The van der Waals surface area contributed by atoms with Crippen LogP contribution in [0.3, 0.4) is 0 Å². The summed E-state index contributed by atoms with van der Waals surface area (Å²) in [6.45, 7) is 5.61. The van der Waals surface area contributed by atoms with E-state index >= 15 is 0 Å². The van der Waals surface area contributed by atoms with Crippen molar-refractivity contribution in [2.75, 3.05) is 19.8 Å². The molecule has 0 radical (unpaired) electrons. The minimum Gasteiger partial charge on any atom is -0.490 e. The molecule has 0 saturated carbocycles. The maximum absolute atomic E-state index is 12.1. The standard InChI is InChI=1S/C19H23NO5S/c1-14-4-6-18(7-5-14)26(22,23)20-13-19(21)25-9-8-24-17-11-15(2)10-16(3)12-17/h4-7,10-12,20H,8-9,13H2,1-3H3. The van der Waals surface area contributed by atoms with Crippen molar-refractivity contribution in [1.82, 2.24) is 4.72 Å². The van der Waals surface area contributed by atoms with Gasteiger partial charge in [0.25, 0.3) is 0 Å². The molecule has 0 aliphatic rings. The first-order valence-electron chi connectivity index (χ1n) is 8.19. The Bertz CT molecular complexity index is 840. The predicted molar refractivity (Wildman–Crippen MR) is 98.7 cm³/mol. The first-order valence-corrected chi connectivity index (χ1v) is 9.67. The maximum Gasteiger partial charge on any atom is 0.321 e. The van der Waals surface area contributed by atoms with Crippen LogP contribution in [-0.4, -0.2) is 34.1 Å². The lowest BCUT2D eigenvalue weighted by Gasteiger charge is -2.10. The zero-order valence-electron chi connectivity index (χ0n) is 15.1. The number of sulfonamides is 1. The first kappa shape index (κ1) is 19.9. The summed E-state index contributed by atoms with van der Waals surface area (Å²) in [5, 5.41) is 0. The second-order valence-corrected chi connectivity index (χ2v) is 7.80. The Morgan fingerprint density at radius 3 is 2.15 bits per heavy atom. The minimum atomic E-state index is -3.74. The topological polar surface area (TPSA) is 81.7 Å². The van der Waals surface area contributed by atoms with Crippen LogP contribution in [0.4, 0.5) is 0 Å². The van der Waals surface area contributed by atoms with Crippen molar-refractivity contribution in [3.8, 4) is 5.75 Å². The van der Waals surface area contributed by atoms with Crippen LogP contribution in [0.25, 0.3) is 0 Å². The van der Waals surface area contributed by atoms with Crippen LogP contribution in [0, 0.1) is 20.8 Å². The third-order valence-electron chi connectivity index (χ3n) is 3.55. The number of nitrogens with one attached hydrogen (secondary N) is 1. The molecule has 0 aliphatic carbocycles. The molecule has 140 valence electrons. The zero-order chi connectivity index (χ0) is 19.2. The fourth-order valence-corrected chi connectivity index (χ4v) is 3.31. The summed E-state index contributed by atoms with van der Waals surface area (Å²) in [7, 11) is -3.74. The third-order valence-corrected chi connectivity index (χ3v) is 4.97. The molecule has 0 saturated heterocycles. The van der Waals surface area contributed by atoms with Crippen LogP contribution in [0.1, 0.15) is 16.7 Å². The van der Waals surface area contributed by atoms with E-state index in [9.17, 15) is 13.2 Å². The normalized spacial score (nSPS) is 11.2. The van der Waals surface area contributed by atoms with Gasteiger partial charge < -0.3 is 9.47 Å². The number of rotatable bonds is 8. The fourth-order valence-electron chi connectivity index (χ4n) is 2.34. The van der Waals surface area contributed by atoms with Crippen molar-refractivity contribution in [3.63, 3.8) is 0 Å². The molecule has 1 N–H and O–H groups in total. The third kappa shape index (κ3) is 6.16. The molecule has 2 aromatic rings. The summed E-state index contributed by atoms with van der Waals surface area (Å²) in [4.78, 5) is 11.8. The van der Waals surface area contributed by atoms with E-state index in [-0.39, 0.29) is 18.1 Å². The van der Waals surface area contributed by atoms with Gasteiger partial charge in [0.2, 0.25) is 10.0 Å². The quantitative estimate of drug-likeness (QED) is 0.565. The molecule has 0 spiro atoms. The van der Waals surface area contributed by atoms with Crippen molar-refractivity contribution in [1.29, 1.82) is 0 Å². The van der Waals surface area contributed by atoms with Gasteiger partial charge in [-0.05, 0) is 56.2 Å². The molecule has 0 bridgehead atoms. The summed E-state index contributed by atoms with van der Waals surface area (Å²) in [6.07, 6.45) is 0. The highest BCUT2D eigenvalue weighted by Gasteiger charge is 2.15. The molecule has 0 unspecified atom stereocenters. The van der Waals surface area contributed by atoms with Gasteiger partial charge in [-0.3, -0.25) is 4.79 Å². The maximum atomic E-state index is 12.1. The van der Waals surface area contributed by atoms with Crippen LogP contribution in [0.2, 0.25) is 0 Å². The number of aryl methyl sites for hydroxylation is 3. The van der Waals surface area contributed by atoms with Crippen LogP contribution < -0.4 is 9.46 Å². The summed E-state index contributed by atoms with van der Waals surface area (Å²) >= 11 is 0. The highest BCUT2D eigenvalue weighted by Crippen LogP contribution is 2.16. The van der Waals surface area contributed by atoms with E-state index < -0.39 is 22.5 Å². The second-order valence-electron chi connectivity index (χ2n) is 6.03. The van der Waals surface area contributed by atoms with Gasteiger partial charge in [-0.2, -0.15) is 4.72 Å². The summed E-state index contributed by atoms with van der Waals surface area (Å²) < 4.78 is 36.9. The van der Waals surface area contributed by atoms with E-state index in [1.807, 2.05) is 39.0 Å². The average molecular weight is 377 g/mol. The molecule has 0 aromatic heterocycles. The SMILES string of the molecule is Cc1ccc(S(=O)(=O)NCC(=O)OCCOc2cc(C)cc(C)c2)cc1. The smallest absolute Gasteiger partial charge is 0.321 e. The van der Waals surface area contributed by atoms with Crippen LogP contribution in [-0.2, 0) is 19.6 Å². The monoisotopic (exact) mass is 377 g/mol. The van der Waals surface area contributed by atoms with Crippen molar-refractivity contribution in [2.24, 2.45) is 0 Å². The zero-order valence-corrected chi connectivity index (χ0v) is 15.9. The van der Waals surface area contributed by atoms with Gasteiger partial charge in [0.1, 0.15) is 25.5 Å². The lowest BCUT2D eigenvalue weighted by atomic mass is 10.1. The Morgan fingerprint density at radius 2 is 1.54 bits per heavy atom. The Hall–Kier alpha value is -2.38. The number of carbonyl (C=O) groups is 1. The fraction of sp³-hybridized carbons (Fsp3) is 0.316. The molecule has 0 aliphatic heterocycles. The molecular formula is C19H23NO5S. The van der Waals surface area contributed by atoms with Gasteiger partial charge in [-0.15, -0.1) is 0 Å². The van der Waals surface area contributed by atoms with Gasteiger partial charge in [0, 0.05) is 0 Å². The number of carbonyl (C=O) groups excluding carboxylic acids is 1. The van der Waals surface area contributed by atoms with Crippen LogP contribution in [0.15, 0.2) is 47.4 Å². The molecule has 0 amide bonds. The second kappa shape index (κ2) is 8.82. The number of benzene rings is 2. The average Bonchev–Trinajstić information content (AvgIpc) is 2.56. The number of hydrogen-bond donors (Lipinski definition) is 1. The Balaban J connectivity index is 1.74. The molecule has 2 rings (SSSR count). The van der Waals surface area contributed by atoms with E-state index in [4.69, 9.17) is 9.47 Å². The minimum absolute atomic E-state index is 0.0398. The number of esters is 1. The Kier molecular flexibility index (Phi) is 6.76. The highest BCUT2D eigenvalue weighted by atomic mass is 32.2. The molecule has 6 nitrogen and oxygen atoms in total. The van der Waals surface area contributed by atoms with E-state index in [1.165, 1.54) is 12.1 Å².